The molecule has 288 valence electrons. The van der Waals surface area contributed by atoms with Gasteiger partial charge in [-0.05, 0) is 108 Å². The number of hydrogen-bond acceptors (Lipinski definition) is 2. The molecule has 0 saturated heterocycles. The lowest BCUT2D eigenvalue weighted by molar-refractivity contribution is 0.660. The van der Waals surface area contributed by atoms with Crippen molar-refractivity contribution >= 4 is 10.8 Å². The molecular weight excluding hydrogens is 737 g/mol. The molecule has 0 saturated carbocycles. The Labute approximate surface area is 357 Å². The third-order valence-corrected chi connectivity index (χ3v) is 12.5. The Morgan fingerprint density at radius 2 is 0.820 bits per heavy atom. The molecule has 0 unspecified atom stereocenters. The van der Waals surface area contributed by atoms with Crippen LogP contribution >= 0.6 is 0 Å². The largest absolute Gasteiger partial charge is 0.228 e. The minimum absolute atomic E-state index is 0.122. The molecule has 0 fully saturated rings. The standard InChI is InChI=1S/C59H42N2/c1-59(2)54-29-12-11-27-50(54)53-36-52(49-28-15-21-41-18-9-10-26-48(41)49)51(37-55(53)59)46-24-13-22-44(34-46)45-23-14-25-47(35-45)57-38-56(60-58(61-57)43-19-7-4-8-20-43)42-32-30-40(31-33-42)39-16-5-3-6-17-39/h3-38H,1-2H3. The minimum atomic E-state index is -0.122. The molecule has 0 aliphatic heterocycles. The van der Waals surface area contributed by atoms with Crippen LogP contribution in [0.4, 0.5) is 0 Å². The first-order valence-corrected chi connectivity index (χ1v) is 21.1. The third-order valence-electron chi connectivity index (χ3n) is 12.5. The Balaban J connectivity index is 1.03. The summed E-state index contributed by atoms with van der Waals surface area (Å²) >= 11 is 0. The molecule has 0 bridgehead atoms. The van der Waals surface area contributed by atoms with Gasteiger partial charge < -0.3 is 0 Å². The van der Waals surface area contributed by atoms with Crippen LogP contribution in [0.15, 0.2) is 218 Å². The number of rotatable bonds is 7. The molecule has 1 aromatic heterocycles. The highest BCUT2D eigenvalue weighted by molar-refractivity contribution is 6.03. The van der Waals surface area contributed by atoms with Gasteiger partial charge >= 0.3 is 0 Å². The van der Waals surface area contributed by atoms with E-state index in [0.29, 0.717) is 5.82 Å². The highest BCUT2D eigenvalue weighted by Crippen LogP contribution is 2.52. The predicted molar refractivity (Wildman–Crippen MR) is 255 cm³/mol. The first-order chi connectivity index (χ1) is 30.0. The fourth-order valence-electron chi connectivity index (χ4n) is 9.32. The van der Waals surface area contributed by atoms with E-state index in [2.05, 4.69) is 208 Å². The van der Waals surface area contributed by atoms with E-state index < -0.39 is 0 Å². The second-order valence-electron chi connectivity index (χ2n) is 16.6. The zero-order chi connectivity index (χ0) is 40.9. The Bertz CT molecular complexity index is 3250. The maximum atomic E-state index is 5.19. The van der Waals surface area contributed by atoms with E-state index in [9.17, 15) is 0 Å². The summed E-state index contributed by atoms with van der Waals surface area (Å²) in [6.45, 7) is 4.73. The summed E-state index contributed by atoms with van der Waals surface area (Å²) in [6, 6.07) is 78.7. The molecular formula is C59H42N2. The van der Waals surface area contributed by atoms with Gasteiger partial charge in [-0.15, -0.1) is 0 Å². The lowest BCUT2D eigenvalue weighted by Gasteiger charge is -2.23. The van der Waals surface area contributed by atoms with Crippen LogP contribution in [0.5, 0.6) is 0 Å². The predicted octanol–water partition coefficient (Wildman–Crippen LogP) is 15.6. The van der Waals surface area contributed by atoms with Gasteiger partial charge in [0.1, 0.15) is 0 Å². The van der Waals surface area contributed by atoms with Gasteiger partial charge in [0.15, 0.2) is 5.82 Å². The summed E-state index contributed by atoms with van der Waals surface area (Å²) in [5.41, 5.74) is 19.7. The average molecular weight is 779 g/mol. The van der Waals surface area contributed by atoms with Crippen LogP contribution in [0.3, 0.4) is 0 Å². The van der Waals surface area contributed by atoms with Crippen LogP contribution in [-0.2, 0) is 5.41 Å². The molecule has 2 nitrogen and oxygen atoms in total. The molecule has 1 aliphatic rings. The Hall–Kier alpha value is -7.68. The average Bonchev–Trinajstić information content (AvgIpc) is 3.56. The summed E-state index contributed by atoms with van der Waals surface area (Å²) in [5, 5.41) is 2.50. The minimum Gasteiger partial charge on any atom is -0.228 e. The van der Waals surface area contributed by atoms with Crippen LogP contribution in [-0.4, -0.2) is 9.97 Å². The Kier molecular flexibility index (Phi) is 8.86. The molecule has 10 aromatic rings. The topological polar surface area (TPSA) is 25.8 Å². The summed E-state index contributed by atoms with van der Waals surface area (Å²) in [4.78, 5) is 10.3. The summed E-state index contributed by atoms with van der Waals surface area (Å²) in [7, 11) is 0. The molecule has 11 rings (SSSR count). The lowest BCUT2D eigenvalue weighted by atomic mass is 9.80. The third kappa shape index (κ3) is 6.54. The molecule has 2 heteroatoms. The van der Waals surface area contributed by atoms with Crippen LogP contribution in [0, 0.1) is 0 Å². The number of fused-ring (bicyclic) bond motifs is 4. The fraction of sp³-hybridized carbons (Fsp3) is 0.0508. The van der Waals surface area contributed by atoms with Crippen molar-refractivity contribution in [2.75, 3.05) is 0 Å². The van der Waals surface area contributed by atoms with Crippen molar-refractivity contribution in [2.45, 2.75) is 19.3 Å². The van der Waals surface area contributed by atoms with Crippen molar-refractivity contribution in [3.63, 3.8) is 0 Å². The normalized spacial score (nSPS) is 12.6. The van der Waals surface area contributed by atoms with Crippen molar-refractivity contribution in [1.82, 2.24) is 9.97 Å². The summed E-state index contributed by atoms with van der Waals surface area (Å²) in [5.74, 6) is 0.704. The van der Waals surface area contributed by atoms with E-state index >= 15 is 0 Å². The van der Waals surface area contributed by atoms with E-state index in [-0.39, 0.29) is 5.41 Å². The summed E-state index contributed by atoms with van der Waals surface area (Å²) < 4.78 is 0. The van der Waals surface area contributed by atoms with Gasteiger partial charge in [0.05, 0.1) is 11.4 Å². The van der Waals surface area contributed by atoms with E-state index in [0.717, 1.165) is 39.2 Å². The molecule has 0 atom stereocenters. The zero-order valence-electron chi connectivity index (χ0n) is 34.2. The highest BCUT2D eigenvalue weighted by atomic mass is 14.9. The molecule has 0 spiro atoms. The first kappa shape index (κ1) is 36.4. The van der Waals surface area contributed by atoms with Gasteiger partial charge in [0, 0.05) is 22.1 Å². The Morgan fingerprint density at radius 3 is 1.59 bits per heavy atom. The second-order valence-corrected chi connectivity index (χ2v) is 16.6. The van der Waals surface area contributed by atoms with Gasteiger partial charge in [0.2, 0.25) is 0 Å². The number of hydrogen-bond donors (Lipinski definition) is 0. The van der Waals surface area contributed by atoms with Crippen LogP contribution in [0.1, 0.15) is 25.0 Å². The maximum absolute atomic E-state index is 5.19. The van der Waals surface area contributed by atoms with E-state index in [1.807, 2.05) is 24.3 Å². The SMILES string of the molecule is CC1(C)c2ccccc2-c2cc(-c3cccc4ccccc34)c(-c3cccc(-c4cccc(-c5cc(-c6ccc(-c7ccccc7)cc6)nc(-c6ccccc6)n5)c4)c3)cc21. The fourth-order valence-corrected chi connectivity index (χ4v) is 9.32. The molecule has 0 N–H and O–H groups in total. The quantitative estimate of drug-likeness (QED) is 0.161. The Morgan fingerprint density at radius 1 is 0.295 bits per heavy atom. The lowest BCUT2D eigenvalue weighted by Crippen LogP contribution is -2.15. The maximum Gasteiger partial charge on any atom is 0.160 e. The second kappa shape index (κ2) is 14.9. The summed E-state index contributed by atoms with van der Waals surface area (Å²) in [6.07, 6.45) is 0. The van der Waals surface area contributed by atoms with Crippen LogP contribution in [0.25, 0.3) is 100 Å². The number of aromatic nitrogens is 2. The van der Waals surface area contributed by atoms with Crippen molar-refractivity contribution in [2.24, 2.45) is 0 Å². The number of nitrogens with zero attached hydrogens (tertiary/aromatic N) is 2. The van der Waals surface area contributed by atoms with Gasteiger partial charge in [-0.3, -0.25) is 0 Å². The smallest absolute Gasteiger partial charge is 0.160 e. The van der Waals surface area contributed by atoms with Gasteiger partial charge in [-0.1, -0.05) is 202 Å². The van der Waals surface area contributed by atoms with Crippen LogP contribution in [0.2, 0.25) is 0 Å². The molecule has 9 aromatic carbocycles. The van der Waals surface area contributed by atoms with Crippen molar-refractivity contribution in [3.8, 4) is 89.5 Å². The van der Waals surface area contributed by atoms with Gasteiger partial charge in [0.25, 0.3) is 0 Å². The van der Waals surface area contributed by atoms with Crippen molar-refractivity contribution < 1.29 is 0 Å². The molecule has 1 aliphatic carbocycles. The molecule has 61 heavy (non-hydrogen) atoms. The van der Waals surface area contributed by atoms with Crippen LogP contribution < -0.4 is 0 Å². The zero-order valence-corrected chi connectivity index (χ0v) is 34.2. The first-order valence-electron chi connectivity index (χ1n) is 21.1. The van der Waals surface area contributed by atoms with Gasteiger partial charge in [-0.25, -0.2) is 9.97 Å². The van der Waals surface area contributed by atoms with E-state index in [1.54, 1.807) is 0 Å². The molecule has 0 radical (unpaired) electrons. The molecule has 0 amide bonds. The van der Waals surface area contributed by atoms with E-state index in [4.69, 9.17) is 9.97 Å². The molecule has 1 heterocycles. The highest BCUT2D eigenvalue weighted by Gasteiger charge is 2.36. The van der Waals surface area contributed by atoms with E-state index in [1.165, 1.54) is 66.4 Å². The van der Waals surface area contributed by atoms with Crippen molar-refractivity contribution in [1.29, 1.82) is 0 Å². The van der Waals surface area contributed by atoms with Crippen molar-refractivity contribution in [3.05, 3.63) is 230 Å². The number of benzene rings is 9. The van der Waals surface area contributed by atoms with Gasteiger partial charge in [-0.2, -0.15) is 0 Å². The monoisotopic (exact) mass is 778 g/mol.